The lowest BCUT2D eigenvalue weighted by molar-refractivity contribution is 0.0957. The molecule has 0 unspecified atom stereocenters. The van der Waals surface area contributed by atoms with Gasteiger partial charge in [0.1, 0.15) is 11.4 Å². The first-order valence-corrected chi connectivity index (χ1v) is 5.06. The maximum absolute atomic E-state index is 11.3. The molecule has 80 valence electrons. The van der Waals surface area contributed by atoms with E-state index < -0.39 is 0 Å². The van der Waals surface area contributed by atoms with Gasteiger partial charge in [0.15, 0.2) is 0 Å². The van der Waals surface area contributed by atoms with Crippen LogP contribution >= 0.6 is 0 Å². The number of amides is 1. The van der Waals surface area contributed by atoms with Crippen molar-refractivity contribution in [2.24, 2.45) is 0 Å². The minimum Gasteiger partial charge on any atom is -0.490 e. The molecule has 15 heavy (non-hydrogen) atoms. The Morgan fingerprint density at radius 2 is 2.33 bits per heavy atom. The third-order valence-electron chi connectivity index (χ3n) is 2.33. The Hall–Kier alpha value is -1.58. The minimum atomic E-state index is -0.185. The van der Waals surface area contributed by atoms with Crippen LogP contribution in [0.4, 0.5) is 0 Å². The summed E-state index contributed by atoms with van der Waals surface area (Å²) in [6.07, 6.45) is 4.22. The van der Waals surface area contributed by atoms with Gasteiger partial charge in [0, 0.05) is 24.9 Å². The fourth-order valence-corrected chi connectivity index (χ4v) is 1.25. The summed E-state index contributed by atoms with van der Waals surface area (Å²) in [6, 6.07) is 1.70. The van der Waals surface area contributed by atoms with E-state index in [2.05, 4.69) is 10.3 Å². The molecule has 1 aromatic heterocycles. The van der Waals surface area contributed by atoms with E-state index in [1.165, 1.54) is 0 Å². The van der Waals surface area contributed by atoms with Crippen LogP contribution in [0, 0.1) is 6.92 Å². The highest BCUT2D eigenvalue weighted by molar-refractivity contribution is 5.92. The predicted octanol–water partition coefficient (Wildman–Crippen LogP) is 1.29. The molecule has 0 aromatic carbocycles. The van der Waals surface area contributed by atoms with Crippen molar-refractivity contribution in [1.82, 2.24) is 10.3 Å². The number of aryl methyl sites for hydroxylation is 1. The third-order valence-corrected chi connectivity index (χ3v) is 2.33. The van der Waals surface area contributed by atoms with E-state index in [-0.39, 0.29) is 5.91 Å². The summed E-state index contributed by atoms with van der Waals surface area (Å²) in [5.74, 6) is 0.585. The van der Waals surface area contributed by atoms with Gasteiger partial charge in [-0.1, -0.05) is 0 Å². The Morgan fingerprint density at radius 3 is 2.93 bits per heavy atom. The highest BCUT2D eigenvalue weighted by Gasteiger charge is 2.24. The Balaban J connectivity index is 2.22. The fourth-order valence-electron chi connectivity index (χ4n) is 1.25. The molecule has 1 fully saturated rings. The van der Waals surface area contributed by atoms with Crippen LogP contribution in [0.15, 0.2) is 12.3 Å². The number of rotatable bonds is 3. The zero-order chi connectivity index (χ0) is 10.8. The second-order valence-electron chi connectivity index (χ2n) is 3.73. The SMILES string of the molecule is CNC(=O)c1cc(OC2CC2)c(C)cn1. The molecule has 0 bridgehead atoms. The Labute approximate surface area is 88.7 Å². The van der Waals surface area contributed by atoms with Crippen molar-refractivity contribution in [3.63, 3.8) is 0 Å². The number of ether oxygens (including phenoxy) is 1. The summed E-state index contributed by atoms with van der Waals surface area (Å²) < 4.78 is 5.67. The molecule has 0 spiro atoms. The van der Waals surface area contributed by atoms with Gasteiger partial charge in [-0.05, 0) is 19.8 Å². The first-order valence-electron chi connectivity index (χ1n) is 5.06. The Morgan fingerprint density at radius 1 is 1.60 bits per heavy atom. The lowest BCUT2D eigenvalue weighted by Gasteiger charge is -2.08. The highest BCUT2D eigenvalue weighted by Crippen LogP contribution is 2.28. The van der Waals surface area contributed by atoms with Crippen molar-refractivity contribution in [3.05, 3.63) is 23.5 Å². The van der Waals surface area contributed by atoms with Crippen LogP contribution in [-0.2, 0) is 0 Å². The molecule has 0 radical (unpaired) electrons. The van der Waals surface area contributed by atoms with Crippen molar-refractivity contribution >= 4 is 5.91 Å². The van der Waals surface area contributed by atoms with Crippen LogP contribution in [0.5, 0.6) is 5.75 Å². The summed E-state index contributed by atoms with van der Waals surface area (Å²) in [6.45, 7) is 1.93. The molecule has 0 atom stereocenters. The molecule has 0 saturated heterocycles. The first-order chi connectivity index (χ1) is 7.20. The number of carbonyl (C=O) groups is 1. The van der Waals surface area contributed by atoms with Crippen molar-refractivity contribution < 1.29 is 9.53 Å². The molecule has 4 nitrogen and oxygen atoms in total. The van der Waals surface area contributed by atoms with E-state index in [9.17, 15) is 4.79 Å². The molecule has 4 heteroatoms. The first kappa shape index (κ1) is 9.96. The van der Waals surface area contributed by atoms with Crippen LogP contribution in [-0.4, -0.2) is 24.0 Å². The van der Waals surface area contributed by atoms with Crippen LogP contribution < -0.4 is 10.1 Å². The van der Waals surface area contributed by atoms with Gasteiger partial charge in [0.2, 0.25) is 0 Å². The summed E-state index contributed by atoms with van der Waals surface area (Å²) in [5.41, 5.74) is 1.37. The summed E-state index contributed by atoms with van der Waals surface area (Å²) in [5, 5.41) is 2.54. The summed E-state index contributed by atoms with van der Waals surface area (Å²) >= 11 is 0. The highest BCUT2D eigenvalue weighted by atomic mass is 16.5. The number of hydrogen-bond acceptors (Lipinski definition) is 3. The predicted molar refractivity (Wildman–Crippen MR) is 56.0 cm³/mol. The molecular weight excluding hydrogens is 192 g/mol. The van der Waals surface area contributed by atoms with Crippen LogP contribution in [0.3, 0.4) is 0 Å². The lowest BCUT2D eigenvalue weighted by Crippen LogP contribution is -2.19. The smallest absolute Gasteiger partial charge is 0.269 e. The molecule has 1 aliphatic carbocycles. The summed E-state index contributed by atoms with van der Waals surface area (Å²) in [4.78, 5) is 15.4. The number of carbonyl (C=O) groups excluding carboxylic acids is 1. The van der Waals surface area contributed by atoms with E-state index in [0.29, 0.717) is 11.8 Å². The van der Waals surface area contributed by atoms with E-state index in [1.54, 1.807) is 19.3 Å². The molecule has 0 aliphatic heterocycles. The van der Waals surface area contributed by atoms with Gasteiger partial charge >= 0.3 is 0 Å². The normalized spacial score (nSPS) is 14.8. The van der Waals surface area contributed by atoms with Gasteiger partial charge in [-0.3, -0.25) is 9.78 Å². The molecular formula is C11H14N2O2. The second kappa shape index (κ2) is 3.88. The zero-order valence-electron chi connectivity index (χ0n) is 8.91. The summed E-state index contributed by atoms with van der Waals surface area (Å²) in [7, 11) is 1.59. The number of aromatic nitrogens is 1. The molecule has 1 N–H and O–H groups in total. The Kier molecular flexibility index (Phi) is 2.58. The van der Waals surface area contributed by atoms with Gasteiger partial charge in [0.05, 0.1) is 6.10 Å². The van der Waals surface area contributed by atoms with E-state index in [4.69, 9.17) is 4.74 Å². The topological polar surface area (TPSA) is 51.2 Å². The average molecular weight is 206 g/mol. The fraction of sp³-hybridized carbons (Fsp3) is 0.455. The van der Waals surface area contributed by atoms with Crippen molar-refractivity contribution in [2.75, 3.05) is 7.05 Å². The quantitative estimate of drug-likeness (QED) is 0.810. The standard InChI is InChI=1S/C11H14N2O2/c1-7-6-13-9(11(14)12-2)5-10(7)15-8-3-4-8/h5-6,8H,3-4H2,1-2H3,(H,12,14). The molecule has 1 heterocycles. The maximum Gasteiger partial charge on any atom is 0.269 e. The number of nitrogens with zero attached hydrogens (tertiary/aromatic N) is 1. The van der Waals surface area contributed by atoms with E-state index in [0.717, 1.165) is 24.2 Å². The number of hydrogen-bond donors (Lipinski definition) is 1. The van der Waals surface area contributed by atoms with Crippen LogP contribution in [0.2, 0.25) is 0 Å². The van der Waals surface area contributed by atoms with Gasteiger partial charge < -0.3 is 10.1 Å². The zero-order valence-corrected chi connectivity index (χ0v) is 8.91. The van der Waals surface area contributed by atoms with Crippen LogP contribution in [0.1, 0.15) is 28.9 Å². The van der Waals surface area contributed by atoms with Gasteiger partial charge in [-0.25, -0.2) is 0 Å². The van der Waals surface area contributed by atoms with Gasteiger partial charge in [-0.2, -0.15) is 0 Å². The van der Waals surface area contributed by atoms with Gasteiger partial charge in [-0.15, -0.1) is 0 Å². The molecule has 1 saturated carbocycles. The minimum absolute atomic E-state index is 0.185. The van der Waals surface area contributed by atoms with Crippen molar-refractivity contribution in [2.45, 2.75) is 25.9 Å². The van der Waals surface area contributed by atoms with E-state index >= 15 is 0 Å². The largest absolute Gasteiger partial charge is 0.490 e. The molecule has 1 amide bonds. The monoisotopic (exact) mass is 206 g/mol. The lowest BCUT2D eigenvalue weighted by atomic mass is 10.2. The van der Waals surface area contributed by atoms with Crippen molar-refractivity contribution in [3.8, 4) is 5.75 Å². The van der Waals surface area contributed by atoms with E-state index in [1.807, 2.05) is 6.92 Å². The van der Waals surface area contributed by atoms with Crippen molar-refractivity contribution in [1.29, 1.82) is 0 Å². The average Bonchev–Trinajstić information content (AvgIpc) is 3.04. The molecule has 1 aromatic rings. The number of pyridine rings is 1. The molecule has 1 aliphatic rings. The third kappa shape index (κ3) is 2.26. The van der Waals surface area contributed by atoms with Gasteiger partial charge in [0.25, 0.3) is 5.91 Å². The maximum atomic E-state index is 11.3. The Bertz CT molecular complexity index is 386. The number of nitrogens with one attached hydrogen (secondary N) is 1. The second-order valence-corrected chi connectivity index (χ2v) is 3.73. The molecule has 2 rings (SSSR count). The van der Waals surface area contributed by atoms with Crippen LogP contribution in [0.25, 0.3) is 0 Å².